The molecule has 4 heterocycles. The van der Waals surface area contributed by atoms with Crippen molar-refractivity contribution < 1.29 is 14.3 Å². The predicted molar refractivity (Wildman–Crippen MR) is 227 cm³/mol. The number of likely N-dealkylation sites (N-methyl/N-ethyl adjacent to an activating group) is 2. The molecule has 2 aliphatic heterocycles. The van der Waals surface area contributed by atoms with Crippen molar-refractivity contribution in [3.63, 3.8) is 0 Å². The molecule has 8 rings (SSSR count). The molecular formula is C47H52N8O3. The number of aromatic nitrogens is 4. The summed E-state index contributed by atoms with van der Waals surface area (Å²) in [6.07, 6.45) is 7.28. The molecule has 58 heavy (non-hydrogen) atoms. The number of methoxy groups -OCH3 is 1. The highest BCUT2D eigenvalue weighted by molar-refractivity contribution is 5.85. The molecule has 0 saturated carbocycles. The van der Waals surface area contributed by atoms with Crippen LogP contribution in [0.3, 0.4) is 0 Å². The fourth-order valence-corrected chi connectivity index (χ4v) is 8.77. The largest absolute Gasteiger partial charge is 0.496 e. The average molecular weight is 777 g/mol. The number of carbonyl (C=O) groups excluding carboxylic acids is 2. The number of amides is 2. The first-order chi connectivity index (χ1) is 28.2. The summed E-state index contributed by atoms with van der Waals surface area (Å²) in [7, 11) is 9.50. The van der Waals surface area contributed by atoms with E-state index in [9.17, 15) is 9.59 Å². The summed E-state index contributed by atoms with van der Waals surface area (Å²) in [6.45, 7) is 1.40. The molecule has 2 aliphatic rings. The fraction of sp³-hybridized carbons (Fsp3) is 0.319. The molecule has 2 N–H and O–H groups in total. The van der Waals surface area contributed by atoms with Gasteiger partial charge in [-0.15, -0.1) is 0 Å². The van der Waals surface area contributed by atoms with Crippen LogP contribution in [0.15, 0.2) is 116 Å². The van der Waals surface area contributed by atoms with E-state index in [1.807, 2.05) is 127 Å². The molecule has 4 aromatic carbocycles. The summed E-state index contributed by atoms with van der Waals surface area (Å²) < 4.78 is 5.83. The second-order valence-electron chi connectivity index (χ2n) is 15.8. The first-order valence-corrected chi connectivity index (χ1v) is 20.1. The quantitative estimate of drug-likeness (QED) is 0.129. The zero-order chi connectivity index (χ0) is 40.3. The van der Waals surface area contributed by atoms with Crippen LogP contribution in [0, 0.1) is 0 Å². The van der Waals surface area contributed by atoms with Gasteiger partial charge in [0.1, 0.15) is 29.5 Å². The average Bonchev–Trinajstić information content (AvgIpc) is 4.08. The van der Waals surface area contributed by atoms with E-state index in [0.717, 1.165) is 87.9 Å². The topological polar surface area (TPSA) is 114 Å². The summed E-state index contributed by atoms with van der Waals surface area (Å²) in [6, 6.07) is 33.6. The number of aromatic amines is 2. The Morgan fingerprint density at radius 3 is 1.60 bits per heavy atom. The van der Waals surface area contributed by atoms with Gasteiger partial charge in [0.2, 0.25) is 11.8 Å². The van der Waals surface area contributed by atoms with Crippen molar-refractivity contribution in [2.45, 2.75) is 49.9 Å². The van der Waals surface area contributed by atoms with Gasteiger partial charge >= 0.3 is 0 Å². The van der Waals surface area contributed by atoms with Crippen LogP contribution in [-0.4, -0.2) is 99.7 Å². The predicted octanol–water partition coefficient (Wildman–Crippen LogP) is 8.08. The van der Waals surface area contributed by atoms with Gasteiger partial charge in [0, 0.05) is 18.7 Å². The number of hydrogen-bond donors (Lipinski definition) is 2. The fourth-order valence-electron chi connectivity index (χ4n) is 8.77. The van der Waals surface area contributed by atoms with Crippen molar-refractivity contribution in [1.82, 2.24) is 39.5 Å². The highest BCUT2D eigenvalue weighted by Crippen LogP contribution is 2.39. The maximum Gasteiger partial charge on any atom is 0.245 e. The van der Waals surface area contributed by atoms with Crippen LogP contribution in [0.4, 0.5) is 0 Å². The summed E-state index contributed by atoms with van der Waals surface area (Å²) in [5.41, 5.74) is 7.71. The summed E-state index contributed by atoms with van der Waals surface area (Å²) in [4.78, 5) is 52.7. The van der Waals surface area contributed by atoms with Crippen LogP contribution in [-0.2, 0) is 9.59 Å². The van der Waals surface area contributed by atoms with E-state index in [0.29, 0.717) is 13.1 Å². The van der Waals surface area contributed by atoms with E-state index in [2.05, 4.69) is 46.4 Å². The molecule has 2 aromatic heterocycles. The maximum absolute atomic E-state index is 14.1. The Morgan fingerprint density at radius 2 is 1.10 bits per heavy atom. The third-order valence-electron chi connectivity index (χ3n) is 11.6. The van der Waals surface area contributed by atoms with Crippen molar-refractivity contribution in [3.8, 4) is 39.4 Å². The van der Waals surface area contributed by atoms with Crippen LogP contribution in [0.1, 0.15) is 72.6 Å². The lowest BCUT2D eigenvalue weighted by Crippen LogP contribution is -2.40. The third-order valence-corrected chi connectivity index (χ3v) is 11.6. The zero-order valence-electron chi connectivity index (χ0n) is 33.9. The molecule has 11 heteroatoms. The Hall–Kier alpha value is -6.04. The zero-order valence-corrected chi connectivity index (χ0v) is 33.9. The van der Waals surface area contributed by atoms with E-state index in [1.165, 1.54) is 0 Å². The van der Waals surface area contributed by atoms with Crippen molar-refractivity contribution >= 4 is 11.8 Å². The van der Waals surface area contributed by atoms with Crippen LogP contribution < -0.4 is 4.74 Å². The standard InChI is InChI=1S/C47H52N8O3/c1-52(2)42(33-14-8-6-9-15-33)46(56)54-26-12-18-39(54)44-48-29-37(50-44)32-22-20-31(21-23-32)35-24-25-41(58-5)36(28-35)38-30-49-45(51-38)40-19-13-27-55(40)47(57)43(53(3)4)34-16-10-7-11-17-34/h6-11,14-17,20-25,28-30,39-40,42-43H,12-13,18-19,26-27H2,1-5H3,(H,48,50)(H,49,51)/t39?,40?,42-,43-/m1/s1. The lowest BCUT2D eigenvalue weighted by molar-refractivity contribution is -0.138. The van der Waals surface area contributed by atoms with Crippen LogP contribution in [0.25, 0.3) is 33.6 Å². The normalized spacial score (nSPS) is 17.9. The lowest BCUT2D eigenvalue weighted by atomic mass is 9.99. The summed E-state index contributed by atoms with van der Waals surface area (Å²) in [5.74, 6) is 2.50. The first-order valence-electron chi connectivity index (χ1n) is 20.1. The van der Waals surface area contributed by atoms with E-state index >= 15 is 0 Å². The van der Waals surface area contributed by atoms with Crippen molar-refractivity contribution in [2.24, 2.45) is 0 Å². The maximum atomic E-state index is 14.1. The molecule has 0 spiro atoms. The molecule has 6 aromatic rings. The molecule has 2 fully saturated rings. The van der Waals surface area contributed by atoms with E-state index in [-0.39, 0.29) is 36.0 Å². The Balaban J connectivity index is 0.991. The number of imidazole rings is 2. The minimum atomic E-state index is -0.371. The number of nitrogens with zero attached hydrogens (tertiary/aromatic N) is 6. The molecular weight excluding hydrogens is 725 g/mol. The number of rotatable bonds is 12. The number of H-pyrrole nitrogens is 2. The summed E-state index contributed by atoms with van der Waals surface area (Å²) >= 11 is 0. The molecule has 2 unspecified atom stereocenters. The Labute approximate surface area is 340 Å². The monoisotopic (exact) mass is 776 g/mol. The van der Waals surface area contributed by atoms with Crippen molar-refractivity contribution in [2.75, 3.05) is 48.4 Å². The van der Waals surface area contributed by atoms with Gasteiger partial charge in [-0.3, -0.25) is 19.4 Å². The smallest absolute Gasteiger partial charge is 0.245 e. The number of carbonyl (C=O) groups is 2. The minimum Gasteiger partial charge on any atom is -0.496 e. The van der Waals surface area contributed by atoms with Crippen molar-refractivity contribution in [3.05, 3.63) is 138 Å². The minimum absolute atomic E-state index is 0.0821. The van der Waals surface area contributed by atoms with Gasteiger partial charge in [0.05, 0.1) is 43.0 Å². The van der Waals surface area contributed by atoms with Crippen LogP contribution >= 0.6 is 0 Å². The molecule has 4 atom stereocenters. The number of benzene rings is 4. The number of hydrogen-bond acceptors (Lipinski definition) is 7. The second-order valence-corrected chi connectivity index (χ2v) is 15.8. The molecule has 2 saturated heterocycles. The highest BCUT2D eigenvalue weighted by atomic mass is 16.5. The van der Waals surface area contributed by atoms with Gasteiger partial charge in [0.25, 0.3) is 0 Å². The Morgan fingerprint density at radius 1 is 0.638 bits per heavy atom. The Bertz CT molecular complexity index is 2340. The first kappa shape index (κ1) is 38.8. The van der Waals surface area contributed by atoms with Crippen molar-refractivity contribution in [1.29, 1.82) is 0 Å². The third kappa shape index (κ3) is 7.67. The molecule has 298 valence electrons. The number of likely N-dealkylation sites (tertiary alicyclic amines) is 2. The SMILES string of the molecule is COc1ccc(-c2ccc(-c3cnc(C4CCCN4C(=O)[C@@H](c4ccccc4)N(C)C)[nH]3)cc2)cc1-c1cnc(C2CCCN2C(=O)[C@@H](c2ccccc2)N(C)C)[nH]1. The van der Waals surface area contributed by atoms with E-state index in [1.54, 1.807) is 7.11 Å². The molecule has 0 bridgehead atoms. The van der Waals surface area contributed by atoms with Gasteiger partial charge in [0.15, 0.2) is 0 Å². The molecule has 2 amide bonds. The second kappa shape index (κ2) is 16.8. The van der Waals surface area contributed by atoms with Gasteiger partial charge in [-0.25, -0.2) is 9.97 Å². The van der Waals surface area contributed by atoms with E-state index < -0.39 is 0 Å². The Kier molecular flexibility index (Phi) is 11.3. The van der Waals surface area contributed by atoms with Crippen LogP contribution in [0.2, 0.25) is 0 Å². The molecule has 0 radical (unpaired) electrons. The van der Waals surface area contributed by atoms with Gasteiger partial charge in [-0.05, 0) is 93.8 Å². The van der Waals surface area contributed by atoms with E-state index in [4.69, 9.17) is 14.7 Å². The number of ether oxygens (including phenoxy) is 1. The lowest BCUT2D eigenvalue weighted by Gasteiger charge is -2.31. The van der Waals surface area contributed by atoms with Gasteiger partial charge in [-0.2, -0.15) is 0 Å². The van der Waals surface area contributed by atoms with Gasteiger partial charge in [-0.1, -0.05) is 91.0 Å². The van der Waals surface area contributed by atoms with Gasteiger partial charge < -0.3 is 24.5 Å². The molecule has 11 nitrogen and oxygen atoms in total. The van der Waals surface area contributed by atoms with Crippen LogP contribution in [0.5, 0.6) is 5.75 Å². The summed E-state index contributed by atoms with van der Waals surface area (Å²) in [5, 5.41) is 0. The highest BCUT2D eigenvalue weighted by Gasteiger charge is 2.38. The number of nitrogens with one attached hydrogen (secondary N) is 2. The molecule has 0 aliphatic carbocycles.